The summed E-state index contributed by atoms with van der Waals surface area (Å²) < 4.78 is 0. The SMILES string of the molecule is CCCC1CCC(=O)C(CN(CC)c2ccccc2C)C1. The summed E-state index contributed by atoms with van der Waals surface area (Å²) >= 11 is 0. The fourth-order valence-corrected chi connectivity index (χ4v) is 3.63. The highest BCUT2D eigenvalue weighted by atomic mass is 16.1. The monoisotopic (exact) mass is 287 g/mol. The molecule has 2 atom stereocenters. The molecule has 0 aromatic heterocycles. The van der Waals surface area contributed by atoms with Crippen LogP contribution in [0.15, 0.2) is 24.3 Å². The number of carbonyl (C=O) groups is 1. The number of ketones is 1. The smallest absolute Gasteiger partial charge is 0.137 e. The minimum atomic E-state index is 0.231. The van der Waals surface area contributed by atoms with Crippen LogP contribution in [0.5, 0.6) is 0 Å². The first-order valence-corrected chi connectivity index (χ1v) is 8.49. The van der Waals surface area contributed by atoms with Gasteiger partial charge in [0.2, 0.25) is 0 Å². The lowest BCUT2D eigenvalue weighted by Crippen LogP contribution is -2.37. The standard InChI is InChI=1S/C19H29NO/c1-4-8-16-11-12-19(21)17(13-16)14-20(5-2)18-10-7-6-9-15(18)3/h6-7,9-10,16-17H,4-5,8,11-14H2,1-3H3. The van der Waals surface area contributed by atoms with Gasteiger partial charge in [-0.05, 0) is 44.2 Å². The predicted molar refractivity (Wildman–Crippen MR) is 89.8 cm³/mol. The normalized spacial score (nSPS) is 22.3. The van der Waals surface area contributed by atoms with Crippen molar-refractivity contribution >= 4 is 11.5 Å². The minimum absolute atomic E-state index is 0.231. The van der Waals surface area contributed by atoms with Gasteiger partial charge in [0.05, 0.1) is 0 Å². The second-order valence-corrected chi connectivity index (χ2v) is 6.42. The Morgan fingerprint density at radius 3 is 2.67 bits per heavy atom. The van der Waals surface area contributed by atoms with Crippen molar-refractivity contribution in [3.63, 3.8) is 0 Å². The maximum Gasteiger partial charge on any atom is 0.137 e. The van der Waals surface area contributed by atoms with Crippen LogP contribution in [0.2, 0.25) is 0 Å². The lowest BCUT2D eigenvalue weighted by atomic mass is 9.78. The molecule has 0 heterocycles. The molecule has 1 aromatic carbocycles. The van der Waals surface area contributed by atoms with Gasteiger partial charge in [-0.1, -0.05) is 38.0 Å². The number of para-hydroxylation sites is 1. The second kappa shape index (κ2) is 7.63. The summed E-state index contributed by atoms with van der Waals surface area (Å²) in [7, 11) is 0. The highest BCUT2D eigenvalue weighted by Crippen LogP contribution is 2.31. The van der Waals surface area contributed by atoms with Crippen LogP contribution in [0, 0.1) is 18.8 Å². The van der Waals surface area contributed by atoms with Gasteiger partial charge < -0.3 is 4.90 Å². The maximum absolute atomic E-state index is 12.3. The van der Waals surface area contributed by atoms with E-state index in [0.29, 0.717) is 5.78 Å². The maximum atomic E-state index is 12.3. The Kier molecular flexibility index (Phi) is 5.84. The summed E-state index contributed by atoms with van der Waals surface area (Å²) in [4.78, 5) is 14.7. The number of aryl methyl sites for hydroxylation is 1. The highest BCUT2D eigenvalue weighted by Gasteiger charge is 2.29. The van der Waals surface area contributed by atoms with E-state index in [1.165, 1.54) is 24.1 Å². The summed E-state index contributed by atoms with van der Waals surface area (Å²) in [6.45, 7) is 8.44. The summed E-state index contributed by atoms with van der Waals surface area (Å²) in [5.74, 6) is 1.47. The van der Waals surface area contributed by atoms with Crippen LogP contribution in [-0.2, 0) is 4.79 Å². The zero-order chi connectivity index (χ0) is 15.2. The third kappa shape index (κ3) is 4.09. The number of Topliss-reactive ketones (excluding diaryl/α,β-unsaturated/α-hetero) is 1. The Morgan fingerprint density at radius 1 is 1.24 bits per heavy atom. The molecule has 2 heteroatoms. The summed E-state index contributed by atoms with van der Waals surface area (Å²) in [6.07, 6.45) is 5.51. The fraction of sp³-hybridized carbons (Fsp3) is 0.632. The van der Waals surface area contributed by atoms with Crippen molar-refractivity contribution in [2.24, 2.45) is 11.8 Å². The Morgan fingerprint density at radius 2 is 2.00 bits per heavy atom. The van der Waals surface area contributed by atoms with Gasteiger partial charge >= 0.3 is 0 Å². The minimum Gasteiger partial charge on any atom is -0.371 e. The molecule has 0 N–H and O–H groups in total. The topological polar surface area (TPSA) is 20.3 Å². The molecule has 0 spiro atoms. The molecule has 1 aliphatic carbocycles. The number of nitrogens with zero attached hydrogens (tertiary/aromatic N) is 1. The van der Waals surface area contributed by atoms with E-state index in [9.17, 15) is 4.79 Å². The molecule has 0 radical (unpaired) electrons. The van der Waals surface area contributed by atoms with E-state index < -0.39 is 0 Å². The Balaban J connectivity index is 2.06. The number of hydrogen-bond acceptors (Lipinski definition) is 2. The second-order valence-electron chi connectivity index (χ2n) is 6.42. The number of hydrogen-bond donors (Lipinski definition) is 0. The van der Waals surface area contributed by atoms with Gasteiger partial charge in [0, 0.05) is 31.1 Å². The van der Waals surface area contributed by atoms with Crippen LogP contribution in [0.1, 0.15) is 51.5 Å². The van der Waals surface area contributed by atoms with Crippen molar-refractivity contribution in [3.8, 4) is 0 Å². The summed E-state index contributed by atoms with van der Waals surface area (Å²) in [5, 5.41) is 0. The van der Waals surface area contributed by atoms with Gasteiger partial charge in [-0.15, -0.1) is 0 Å². The molecular weight excluding hydrogens is 258 g/mol. The van der Waals surface area contributed by atoms with Crippen molar-refractivity contribution in [1.29, 1.82) is 0 Å². The first kappa shape index (κ1) is 16.1. The molecule has 0 aliphatic heterocycles. The Hall–Kier alpha value is -1.31. The zero-order valence-corrected chi connectivity index (χ0v) is 13.8. The van der Waals surface area contributed by atoms with Crippen molar-refractivity contribution < 1.29 is 4.79 Å². The molecule has 0 saturated heterocycles. The van der Waals surface area contributed by atoms with Crippen molar-refractivity contribution in [1.82, 2.24) is 0 Å². The van der Waals surface area contributed by atoms with Gasteiger partial charge in [0.15, 0.2) is 0 Å². The van der Waals surface area contributed by atoms with E-state index in [2.05, 4.69) is 49.9 Å². The molecular formula is C19H29NO. The van der Waals surface area contributed by atoms with Gasteiger partial charge in [-0.3, -0.25) is 4.79 Å². The van der Waals surface area contributed by atoms with E-state index in [-0.39, 0.29) is 5.92 Å². The van der Waals surface area contributed by atoms with E-state index in [4.69, 9.17) is 0 Å². The van der Waals surface area contributed by atoms with Gasteiger partial charge in [0.25, 0.3) is 0 Å². The molecule has 1 saturated carbocycles. The molecule has 2 rings (SSSR count). The fourth-order valence-electron chi connectivity index (χ4n) is 3.63. The lowest BCUT2D eigenvalue weighted by molar-refractivity contribution is -0.125. The van der Waals surface area contributed by atoms with E-state index in [1.807, 2.05) is 0 Å². The molecule has 2 nitrogen and oxygen atoms in total. The molecule has 2 unspecified atom stereocenters. The lowest BCUT2D eigenvalue weighted by Gasteiger charge is -2.33. The average Bonchev–Trinajstić information content (AvgIpc) is 2.49. The summed E-state index contributed by atoms with van der Waals surface area (Å²) in [6, 6.07) is 8.50. The van der Waals surface area contributed by atoms with Crippen LogP contribution in [0.3, 0.4) is 0 Å². The van der Waals surface area contributed by atoms with Crippen molar-refractivity contribution in [2.75, 3.05) is 18.0 Å². The van der Waals surface area contributed by atoms with Crippen molar-refractivity contribution in [3.05, 3.63) is 29.8 Å². The van der Waals surface area contributed by atoms with E-state index in [0.717, 1.165) is 38.3 Å². The van der Waals surface area contributed by atoms with Crippen LogP contribution < -0.4 is 4.90 Å². The number of carbonyl (C=O) groups excluding carboxylic acids is 1. The molecule has 21 heavy (non-hydrogen) atoms. The molecule has 1 aromatic rings. The van der Waals surface area contributed by atoms with Crippen LogP contribution in [0.4, 0.5) is 5.69 Å². The third-order valence-electron chi connectivity index (χ3n) is 4.85. The first-order valence-electron chi connectivity index (χ1n) is 8.49. The zero-order valence-electron chi connectivity index (χ0n) is 13.8. The largest absolute Gasteiger partial charge is 0.371 e. The van der Waals surface area contributed by atoms with Crippen LogP contribution >= 0.6 is 0 Å². The first-order chi connectivity index (χ1) is 10.2. The number of rotatable bonds is 6. The average molecular weight is 287 g/mol. The van der Waals surface area contributed by atoms with Crippen molar-refractivity contribution in [2.45, 2.75) is 52.9 Å². The Bertz CT molecular complexity index is 468. The third-order valence-corrected chi connectivity index (χ3v) is 4.85. The van der Waals surface area contributed by atoms with Crippen LogP contribution in [0.25, 0.3) is 0 Å². The van der Waals surface area contributed by atoms with E-state index in [1.54, 1.807) is 0 Å². The molecule has 0 bridgehead atoms. The van der Waals surface area contributed by atoms with E-state index >= 15 is 0 Å². The quantitative estimate of drug-likeness (QED) is 0.761. The summed E-state index contributed by atoms with van der Waals surface area (Å²) in [5.41, 5.74) is 2.58. The van der Waals surface area contributed by atoms with Crippen LogP contribution in [-0.4, -0.2) is 18.9 Å². The number of benzene rings is 1. The molecule has 116 valence electrons. The highest BCUT2D eigenvalue weighted by molar-refractivity contribution is 5.82. The predicted octanol–water partition coefficient (Wildman–Crippen LogP) is 4.61. The molecule has 1 aliphatic rings. The van der Waals surface area contributed by atoms with Gasteiger partial charge in [0.1, 0.15) is 5.78 Å². The molecule has 1 fully saturated rings. The van der Waals surface area contributed by atoms with Gasteiger partial charge in [-0.2, -0.15) is 0 Å². The Labute approximate surface area is 129 Å². The molecule has 0 amide bonds. The van der Waals surface area contributed by atoms with Gasteiger partial charge in [-0.25, -0.2) is 0 Å². The number of anilines is 1.